The maximum absolute atomic E-state index is 12.1. The van der Waals surface area contributed by atoms with Crippen molar-refractivity contribution >= 4 is 23.4 Å². The largest absolute Gasteiger partial charge is 0.330 e. The fraction of sp³-hybridized carbons (Fsp3) is 0.500. The zero-order valence-corrected chi connectivity index (χ0v) is 12.4. The number of amides is 1. The van der Waals surface area contributed by atoms with Gasteiger partial charge in [-0.2, -0.15) is 0 Å². The summed E-state index contributed by atoms with van der Waals surface area (Å²) in [6, 6.07) is 7.99. The summed E-state index contributed by atoms with van der Waals surface area (Å²) in [5.41, 5.74) is 6.43. The lowest BCUT2D eigenvalue weighted by atomic mass is 9.89. The third-order valence-electron chi connectivity index (χ3n) is 3.02. The number of hydrogen-bond acceptors (Lipinski definition) is 3. The molecule has 1 aromatic carbocycles. The van der Waals surface area contributed by atoms with E-state index in [0.717, 1.165) is 5.69 Å². The molecule has 0 radical (unpaired) electrons. The average Bonchev–Trinajstić information content (AvgIpc) is 2.37. The second-order valence-electron chi connectivity index (χ2n) is 5.20. The van der Waals surface area contributed by atoms with E-state index < -0.39 is 0 Å². The third-order valence-corrected chi connectivity index (χ3v) is 3.76. The van der Waals surface area contributed by atoms with Gasteiger partial charge in [-0.3, -0.25) is 4.79 Å². The molecule has 0 fully saturated rings. The van der Waals surface area contributed by atoms with Crippen molar-refractivity contribution in [1.29, 1.82) is 0 Å². The number of anilines is 1. The smallest absolute Gasteiger partial charge is 0.227 e. The molecule has 0 atom stereocenters. The summed E-state index contributed by atoms with van der Waals surface area (Å²) >= 11 is 1.69. The van der Waals surface area contributed by atoms with E-state index in [-0.39, 0.29) is 11.3 Å². The van der Waals surface area contributed by atoms with E-state index in [1.54, 1.807) is 16.7 Å². The molecular weight excluding hydrogens is 244 g/mol. The first-order valence-electron chi connectivity index (χ1n) is 6.00. The number of rotatable bonds is 5. The quantitative estimate of drug-likeness (QED) is 0.834. The molecule has 0 spiro atoms. The Morgan fingerprint density at radius 1 is 1.33 bits per heavy atom. The van der Waals surface area contributed by atoms with E-state index in [1.165, 1.54) is 4.90 Å². The second kappa shape index (κ2) is 6.25. The van der Waals surface area contributed by atoms with Crippen molar-refractivity contribution in [3.05, 3.63) is 24.3 Å². The topological polar surface area (TPSA) is 46.3 Å². The van der Waals surface area contributed by atoms with Gasteiger partial charge in [0.15, 0.2) is 0 Å². The predicted molar refractivity (Wildman–Crippen MR) is 79.1 cm³/mol. The molecule has 18 heavy (non-hydrogen) atoms. The second-order valence-corrected chi connectivity index (χ2v) is 6.08. The SMILES string of the molecule is CSc1ccc(N(C)C(=O)CC(C)(C)CN)cc1. The Morgan fingerprint density at radius 2 is 1.89 bits per heavy atom. The Morgan fingerprint density at radius 3 is 2.33 bits per heavy atom. The first kappa shape index (κ1) is 15.1. The van der Waals surface area contributed by atoms with Gasteiger partial charge in [0.1, 0.15) is 0 Å². The lowest BCUT2D eigenvalue weighted by molar-refractivity contribution is -0.120. The van der Waals surface area contributed by atoms with Gasteiger partial charge >= 0.3 is 0 Å². The molecule has 0 aromatic heterocycles. The minimum atomic E-state index is -0.148. The van der Waals surface area contributed by atoms with Gasteiger partial charge < -0.3 is 10.6 Å². The average molecular weight is 266 g/mol. The zero-order valence-electron chi connectivity index (χ0n) is 11.6. The van der Waals surface area contributed by atoms with Crippen molar-refractivity contribution in [3.8, 4) is 0 Å². The fourth-order valence-electron chi connectivity index (χ4n) is 1.55. The molecule has 0 bridgehead atoms. The molecule has 0 aliphatic carbocycles. The fourth-order valence-corrected chi connectivity index (χ4v) is 1.96. The number of carbonyl (C=O) groups excluding carboxylic acids is 1. The van der Waals surface area contributed by atoms with Crippen LogP contribution in [0.2, 0.25) is 0 Å². The van der Waals surface area contributed by atoms with Crippen LogP contribution in [-0.2, 0) is 4.79 Å². The highest BCUT2D eigenvalue weighted by molar-refractivity contribution is 7.98. The van der Waals surface area contributed by atoms with Crippen LogP contribution in [0.1, 0.15) is 20.3 Å². The van der Waals surface area contributed by atoms with Crippen molar-refractivity contribution in [2.24, 2.45) is 11.1 Å². The van der Waals surface area contributed by atoms with Crippen LogP contribution in [0, 0.1) is 5.41 Å². The van der Waals surface area contributed by atoms with Gasteiger partial charge in [-0.1, -0.05) is 13.8 Å². The summed E-state index contributed by atoms with van der Waals surface area (Å²) in [4.78, 5) is 15.0. The van der Waals surface area contributed by atoms with Crippen molar-refractivity contribution in [3.63, 3.8) is 0 Å². The molecule has 1 aromatic rings. The molecule has 2 N–H and O–H groups in total. The minimum Gasteiger partial charge on any atom is -0.330 e. The van der Waals surface area contributed by atoms with Gasteiger partial charge in [0, 0.05) is 24.1 Å². The molecule has 0 saturated heterocycles. The van der Waals surface area contributed by atoms with Crippen LogP contribution in [0.4, 0.5) is 5.69 Å². The van der Waals surface area contributed by atoms with E-state index >= 15 is 0 Å². The number of hydrogen-bond donors (Lipinski definition) is 1. The lowest BCUT2D eigenvalue weighted by Crippen LogP contribution is -2.34. The van der Waals surface area contributed by atoms with Crippen LogP contribution in [-0.4, -0.2) is 25.8 Å². The van der Waals surface area contributed by atoms with Crippen LogP contribution in [0.3, 0.4) is 0 Å². The van der Waals surface area contributed by atoms with E-state index in [4.69, 9.17) is 5.73 Å². The Hall–Kier alpha value is -1.00. The predicted octanol–water partition coefficient (Wildman–Crippen LogP) is 2.75. The Labute approximate surface area is 114 Å². The highest BCUT2D eigenvalue weighted by atomic mass is 32.2. The molecule has 0 unspecified atom stereocenters. The van der Waals surface area contributed by atoms with Crippen molar-refractivity contribution in [2.75, 3.05) is 24.7 Å². The standard InChI is InChI=1S/C14H22N2OS/c1-14(2,10-15)9-13(17)16(3)11-5-7-12(18-4)8-6-11/h5-8H,9-10,15H2,1-4H3. The summed E-state index contributed by atoms with van der Waals surface area (Å²) < 4.78 is 0. The molecule has 0 aliphatic rings. The molecule has 0 aliphatic heterocycles. The Bertz CT molecular complexity index is 401. The molecule has 0 heterocycles. The van der Waals surface area contributed by atoms with Crippen LogP contribution in [0.15, 0.2) is 29.2 Å². The lowest BCUT2D eigenvalue weighted by Gasteiger charge is -2.25. The minimum absolute atomic E-state index is 0.0994. The highest BCUT2D eigenvalue weighted by Gasteiger charge is 2.22. The Balaban J connectivity index is 2.73. The Kier molecular flexibility index (Phi) is 5.23. The molecule has 100 valence electrons. The summed E-state index contributed by atoms with van der Waals surface area (Å²) in [7, 11) is 1.81. The van der Waals surface area contributed by atoms with Crippen LogP contribution in [0.5, 0.6) is 0 Å². The van der Waals surface area contributed by atoms with Crippen LogP contribution >= 0.6 is 11.8 Å². The van der Waals surface area contributed by atoms with Gasteiger partial charge in [0.2, 0.25) is 5.91 Å². The maximum atomic E-state index is 12.1. The summed E-state index contributed by atoms with van der Waals surface area (Å²) in [6.07, 6.45) is 2.50. The number of thioether (sulfide) groups is 1. The number of nitrogens with zero attached hydrogens (tertiary/aromatic N) is 1. The van der Waals surface area contributed by atoms with Gasteiger partial charge in [-0.15, -0.1) is 11.8 Å². The van der Waals surface area contributed by atoms with Gasteiger partial charge in [0.05, 0.1) is 0 Å². The first-order valence-corrected chi connectivity index (χ1v) is 7.23. The molecular formula is C14H22N2OS. The van der Waals surface area contributed by atoms with Crippen LogP contribution in [0.25, 0.3) is 0 Å². The van der Waals surface area contributed by atoms with E-state index in [0.29, 0.717) is 13.0 Å². The number of benzene rings is 1. The van der Waals surface area contributed by atoms with E-state index in [1.807, 2.05) is 51.4 Å². The molecule has 1 rings (SSSR count). The van der Waals surface area contributed by atoms with Crippen molar-refractivity contribution < 1.29 is 4.79 Å². The summed E-state index contributed by atoms with van der Waals surface area (Å²) in [6.45, 7) is 4.53. The van der Waals surface area contributed by atoms with Gasteiger partial charge in [-0.05, 0) is 42.5 Å². The highest BCUT2D eigenvalue weighted by Crippen LogP contribution is 2.23. The van der Waals surface area contributed by atoms with E-state index in [2.05, 4.69) is 0 Å². The number of nitrogens with two attached hydrogens (primary N) is 1. The molecule has 3 nitrogen and oxygen atoms in total. The summed E-state index contributed by atoms with van der Waals surface area (Å²) in [5, 5.41) is 0. The summed E-state index contributed by atoms with van der Waals surface area (Å²) in [5.74, 6) is 0.0994. The zero-order chi connectivity index (χ0) is 13.8. The normalized spacial score (nSPS) is 11.4. The third kappa shape index (κ3) is 4.03. The van der Waals surface area contributed by atoms with Gasteiger partial charge in [-0.25, -0.2) is 0 Å². The first-order chi connectivity index (χ1) is 8.39. The molecule has 1 amide bonds. The van der Waals surface area contributed by atoms with Crippen molar-refractivity contribution in [1.82, 2.24) is 0 Å². The van der Waals surface area contributed by atoms with Crippen molar-refractivity contribution in [2.45, 2.75) is 25.2 Å². The van der Waals surface area contributed by atoms with Gasteiger partial charge in [0.25, 0.3) is 0 Å². The number of carbonyl (C=O) groups is 1. The monoisotopic (exact) mass is 266 g/mol. The molecule has 0 saturated carbocycles. The molecule has 4 heteroatoms. The maximum Gasteiger partial charge on any atom is 0.227 e. The van der Waals surface area contributed by atoms with E-state index in [9.17, 15) is 4.79 Å². The van der Waals surface area contributed by atoms with Crippen LogP contribution < -0.4 is 10.6 Å².